The minimum Gasteiger partial charge on any atom is -0.384 e. The van der Waals surface area contributed by atoms with Gasteiger partial charge in [0.25, 0.3) is 0 Å². The van der Waals surface area contributed by atoms with E-state index >= 15 is 0 Å². The number of likely N-dealkylation sites (tertiary alicyclic amines) is 2. The van der Waals surface area contributed by atoms with E-state index in [9.17, 15) is 18.7 Å². The molecule has 0 saturated carbocycles. The summed E-state index contributed by atoms with van der Waals surface area (Å²) in [5.41, 5.74) is 0.279. The van der Waals surface area contributed by atoms with Gasteiger partial charge in [-0.3, -0.25) is 4.79 Å². The molecule has 2 aliphatic heterocycles. The lowest BCUT2D eigenvalue weighted by molar-refractivity contribution is -0.152. The zero-order chi connectivity index (χ0) is 24.5. The number of nitrogens with zero attached hydrogens (tertiary/aromatic N) is 2. The van der Waals surface area contributed by atoms with Gasteiger partial charge in [0.1, 0.15) is 11.6 Å². The summed E-state index contributed by atoms with van der Waals surface area (Å²) in [5.74, 6) is -2.20. The molecule has 35 heavy (non-hydrogen) atoms. The van der Waals surface area contributed by atoms with Crippen LogP contribution in [0.5, 0.6) is 0 Å². The molecule has 2 unspecified atom stereocenters. The molecule has 0 bridgehead atoms. The minimum atomic E-state index is -1.01. The highest BCUT2D eigenvalue weighted by molar-refractivity contribution is 5.85. The molecule has 2 saturated heterocycles. The molecule has 7 heteroatoms. The van der Waals surface area contributed by atoms with E-state index < -0.39 is 17.2 Å². The van der Waals surface area contributed by atoms with Crippen molar-refractivity contribution < 1.29 is 18.7 Å². The maximum absolute atomic E-state index is 14.8. The van der Waals surface area contributed by atoms with Gasteiger partial charge < -0.3 is 14.9 Å². The molecular weight excluding hydrogens is 470 g/mol. The Bertz CT molecular complexity index is 994. The van der Waals surface area contributed by atoms with Crippen molar-refractivity contribution >= 4 is 18.3 Å². The molecule has 2 heterocycles. The molecule has 0 spiro atoms. The predicted molar refractivity (Wildman–Crippen MR) is 136 cm³/mol. The van der Waals surface area contributed by atoms with E-state index in [4.69, 9.17) is 0 Å². The summed E-state index contributed by atoms with van der Waals surface area (Å²) in [7, 11) is 0. The van der Waals surface area contributed by atoms with Gasteiger partial charge in [-0.2, -0.15) is 0 Å². The Morgan fingerprint density at radius 1 is 1.03 bits per heavy atom. The fourth-order valence-electron chi connectivity index (χ4n) is 6.01. The van der Waals surface area contributed by atoms with Crippen LogP contribution in [0.25, 0.3) is 0 Å². The van der Waals surface area contributed by atoms with Crippen molar-refractivity contribution in [1.82, 2.24) is 9.80 Å². The zero-order valence-corrected chi connectivity index (χ0v) is 21.6. The standard InChI is InChI=1S/C28H36F2N2O2.ClH/c1-4-5-13-31-17-24(23-12-11-22(29)14-26(23)30)25(18-31)27(33)32-15-19(2)28(34,20(3)16-32)21-9-7-6-8-10-21;/h6-12,14,19-20,24-25,34H,4-5,13,15-18H2,1-3H3;1H/t19?,20?,24-,25+,28?;/m0./s1. The van der Waals surface area contributed by atoms with Gasteiger partial charge in [0, 0.05) is 50.0 Å². The van der Waals surface area contributed by atoms with Gasteiger partial charge in [-0.25, -0.2) is 8.78 Å². The van der Waals surface area contributed by atoms with Gasteiger partial charge in [-0.05, 0) is 30.2 Å². The first-order chi connectivity index (χ1) is 16.3. The van der Waals surface area contributed by atoms with Crippen LogP contribution in [-0.2, 0) is 10.4 Å². The molecular formula is C28H37ClF2N2O2. The van der Waals surface area contributed by atoms with Crippen molar-refractivity contribution in [3.05, 3.63) is 71.3 Å². The second kappa shape index (κ2) is 11.4. The van der Waals surface area contributed by atoms with Crippen LogP contribution >= 0.6 is 12.4 Å². The number of unbranched alkanes of at least 4 members (excludes halogenated alkanes) is 1. The first-order valence-electron chi connectivity index (χ1n) is 12.5. The lowest BCUT2D eigenvalue weighted by Crippen LogP contribution is -2.57. The summed E-state index contributed by atoms with van der Waals surface area (Å²) < 4.78 is 28.3. The monoisotopic (exact) mass is 506 g/mol. The number of carbonyl (C=O) groups excluding carboxylic acids is 1. The largest absolute Gasteiger partial charge is 0.384 e. The fourth-order valence-corrected chi connectivity index (χ4v) is 6.01. The Kier molecular flexibility index (Phi) is 8.95. The van der Waals surface area contributed by atoms with Crippen molar-refractivity contribution in [2.45, 2.75) is 45.1 Å². The number of piperidine rings is 1. The second-order valence-electron chi connectivity index (χ2n) is 10.2. The number of halogens is 3. The summed E-state index contributed by atoms with van der Waals surface area (Å²) in [6.07, 6.45) is 2.06. The Morgan fingerprint density at radius 2 is 1.69 bits per heavy atom. The smallest absolute Gasteiger partial charge is 0.227 e. The van der Waals surface area contributed by atoms with Gasteiger partial charge in [-0.1, -0.05) is 63.6 Å². The maximum Gasteiger partial charge on any atom is 0.227 e. The molecule has 4 nitrogen and oxygen atoms in total. The molecule has 1 amide bonds. The maximum atomic E-state index is 14.8. The summed E-state index contributed by atoms with van der Waals surface area (Å²) >= 11 is 0. The summed E-state index contributed by atoms with van der Waals surface area (Å²) in [5, 5.41) is 11.6. The molecule has 0 aliphatic carbocycles. The second-order valence-corrected chi connectivity index (χ2v) is 10.2. The van der Waals surface area contributed by atoms with Crippen LogP contribution in [0.3, 0.4) is 0 Å². The van der Waals surface area contributed by atoms with Crippen LogP contribution in [0, 0.1) is 29.4 Å². The van der Waals surface area contributed by atoms with E-state index in [1.807, 2.05) is 49.1 Å². The summed E-state index contributed by atoms with van der Waals surface area (Å²) in [6, 6.07) is 13.4. The minimum absolute atomic E-state index is 0. The van der Waals surface area contributed by atoms with E-state index in [0.29, 0.717) is 31.7 Å². The van der Waals surface area contributed by atoms with Crippen LogP contribution in [0.1, 0.15) is 50.7 Å². The zero-order valence-electron chi connectivity index (χ0n) is 20.8. The predicted octanol–water partition coefficient (Wildman–Crippen LogP) is 5.20. The van der Waals surface area contributed by atoms with Gasteiger partial charge >= 0.3 is 0 Å². The molecule has 4 rings (SSSR count). The van der Waals surface area contributed by atoms with Gasteiger partial charge in [-0.15, -0.1) is 12.4 Å². The van der Waals surface area contributed by atoms with E-state index in [-0.39, 0.29) is 42.0 Å². The number of aliphatic hydroxyl groups is 1. The van der Waals surface area contributed by atoms with Gasteiger partial charge in [0.15, 0.2) is 0 Å². The number of hydrogen-bond acceptors (Lipinski definition) is 3. The molecule has 0 radical (unpaired) electrons. The summed E-state index contributed by atoms with van der Waals surface area (Å²) in [4.78, 5) is 17.9. The van der Waals surface area contributed by atoms with Gasteiger partial charge in [0.2, 0.25) is 5.91 Å². The molecule has 4 atom stereocenters. The van der Waals surface area contributed by atoms with E-state index in [1.165, 1.54) is 12.1 Å². The van der Waals surface area contributed by atoms with Crippen LogP contribution in [0.4, 0.5) is 8.78 Å². The number of carbonyl (C=O) groups is 1. The molecule has 192 valence electrons. The van der Waals surface area contributed by atoms with E-state index in [1.54, 1.807) is 0 Å². The third kappa shape index (κ3) is 5.40. The number of hydrogen-bond donors (Lipinski definition) is 1. The highest BCUT2D eigenvalue weighted by Crippen LogP contribution is 2.43. The molecule has 2 aromatic rings. The summed E-state index contributed by atoms with van der Waals surface area (Å²) in [6.45, 7) is 9.01. The van der Waals surface area contributed by atoms with Crippen LogP contribution in [-0.4, -0.2) is 53.5 Å². The Morgan fingerprint density at radius 3 is 2.29 bits per heavy atom. The normalized spacial score (nSPS) is 29.1. The molecule has 0 aromatic heterocycles. The van der Waals surface area contributed by atoms with Crippen molar-refractivity contribution in [3.8, 4) is 0 Å². The highest BCUT2D eigenvalue weighted by Gasteiger charge is 2.49. The quantitative estimate of drug-likeness (QED) is 0.585. The average Bonchev–Trinajstić information content (AvgIpc) is 3.24. The number of amides is 1. The molecule has 2 aliphatic rings. The van der Waals surface area contributed by atoms with E-state index in [2.05, 4.69) is 11.8 Å². The first-order valence-corrected chi connectivity index (χ1v) is 12.5. The van der Waals surface area contributed by atoms with Crippen LogP contribution in [0.2, 0.25) is 0 Å². The third-order valence-corrected chi connectivity index (χ3v) is 7.94. The fraction of sp³-hybridized carbons (Fsp3) is 0.536. The Hall–Kier alpha value is -2.02. The average molecular weight is 507 g/mol. The van der Waals surface area contributed by atoms with Gasteiger partial charge in [0.05, 0.1) is 11.5 Å². The number of benzene rings is 2. The molecule has 2 fully saturated rings. The lowest BCUT2D eigenvalue weighted by Gasteiger charge is -2.48. The van der Waals surface area contributed by atoms with Crippen molar-refractivity contribution in [2.24, 2.45) is 17.8 Å². The Balaban J connectivity index is 0.00000342. The lowest BCUT2D eigenvalue weighted by atomic mass is 9.70. The van der Waals surface area contributed by atoms with Crippen molar-refractivity contribution in [1.29, 1.82) is 0 Å². The Labute approximate surface area is 213 Å². The third-order valence-electron chi connectivity index (χ3n) is 7.94. The topological polar surface area (TPSA) is 43.8 Å². The number of rotatable bonds is 6. The van der Waals surface area contributed by atoms with Crippen molar-refractivity contribution in [3.63, 3.8) is 0 Å². The van der Waals surface area contributed by atoms with E-state index in [0.717, 1.165) is 31.0 Å². The SMILES string of the molecule is CCCCN1C[C@@H](C(=O)N2CC(C)C(O)(c3ccccc3)C(C)C2)[C@H](c2ccc(F)cc2F)C1.Cl. The van der Waals surface area contributed by atoms with Crippen LogP contribution < -0.4 is 0 Å². The molecule has 1 N–H and O–H groups in total. The molecule has 2 aromatic carbocycles. The first kappa shape index (κ1) is 27.6. The van der Waals surface area contributed by atoms with Crippen molar-refractivity contribution in [2.75, 3.05) is 32.7 Å². The van der Waals surface area contributed by atoms with Crippen LogP contribution in [0.15, 0.2) is 48.5 Å². The highest BCUT2D eigenvalue weighted by atomic mass is 35.5.